The number of nitrogens with one attached hydrogen (secondary N) is 1. The average molecular weight is 247 g/mol. The lowest BCUT2D eigenvalue weighted by Gasteiger charge is -2.29. The molecule has 1 atom stereocenters. The average Bonchev–Trinajstić information content (AvgIpc) is 2.35. The molecule has 1 nitrogen and oxygen atoms in total. The van der Waals surface area contributed by atoms with Gasteiger partial charge in [-0.15, -0.1) is 0 Å². The fourth-order valence-electron chi connectivity index (χ4n) is 1.88. The Kier molecular flexibility index (Phi) is 5.87. The molecule has 1 aromatic carbocycles. The van der Waals surface area contributed by atoms with Crippen LogP contribution in [-0.2, 0) is 0 Å². The summed E-state index contributed by atoms with van der Waals surface area (Å²) >= 11 is 0. The maximum atomic E-state index is 3.61. The topological polar surface area (TPSA) is 12.0 Å². The Bertz CT molecular complexity index is 327. The van der Waals surface area contributed by atoms with Gasteiger partial charge in [0.25, 0.3) is 0 Å². The van der Waals surface area contributed by atoms with Gasteiger partial charge in [0.05, 0.1) is 0 Å². The lowest BCUT2D eigenvalue weighted by Crippen LogP contribution is -2.34. The molecule has 0 aliphatic carbocycles. The molecule has 1 N–H and O–H groups in total. The molecule has 1 heteroatoms. The van der Waals surface area contributed by atoms with Crippen LogP contribution >= 0.6 is 0 Å². The molecule has 0 amide bonds. The normalized spacial score (nSPS) is 13.9. The van der Waals surface area contributed by atoms with Crippen molar-refractivity contribution in [3.05, 3.63) is 35.9 Å². The zero-order chi connectivity index (χ0) is 13.6. The van der Waals surface area contributed by atoms with Crippen molar-refractivity contribution in [3.8, 4) is 0 Å². The van der Waals surface area contributed by atoms with Gasteiger partial charge in [0.15, 0.2) is 0 Å². The minimum Gasteiger partial charge on any atom is -0.316 e. The van der Waals surface area contributed by atoms with E-state index in [9.17, 15) is 0 Å². The summed E-state index contributed by atoms with van der Waals surface area (Å²) in [6, 6.07) is 10.8. The monoisotopic (exact) mass is 247 g/mol. The standard InChI is InChI=1S/C17H29N/c1-14(2)17(4,5)13-18-12-11-15(3)16-9-7-6-8-10-16/h6-10,14-15,18H,11-13H2,1-5H3. The second-order valence-corrected chi connectivity index (χ2v) is 6.42. The lowest BCUT2D eigenvalue weighted by molar-refractivity contribution is 0.238. The molecule has 0 radical (unpaired) electrons. The molecule has 18 heavy (non-hydrogen) atoms. The van der Waals surface area contributed by atoms with Gasteiger partial charge in [-0.25, -0.2) is 0 Å². The van der Waals surface area contributed by atoms with Gasteiger partial charge in [-0.2, -0.15) is 0 Å². The third kappa shape index (κ3) is 4.81. The van der Waals surface area contributed by atoms with Crippen molar-refractivity contribution in [2.24, 2.45) is 11.3 Å². The maximum absolute atomic E-state index is 3.61. The molecule has 0 saturated carbocycles. The Hall–Kier alpha value is -0.820. The minimum atomic E-state index is 0.385. The molecular formula is C17H29N. The highest BCUT2D eigenvalue weighted by Gasteiger charge is 2.21. The highest BCUT2D eigenvalue weighted by molar-refractivity contribution is 5.18. The van der Waals surface area contributed by atoms with Crippen LogP contribution in [0.1, 0.15) is 52.5 Å². The van der Waals surface area contributed by atoms with Crippen molar-refractivity contribution < 1.29 is 0 Å². The lowest BCUT2D eigenvalue weighted by atomic mass is 9.81. The highest BCUT2D eigenvalue weighted by Crippen LogP contribution is 2.25. The van der Waals surface area contributed by atoms with Crippen molar-refractivity contribution in [1.82, 2.24) is 5.32 Å². The SMILES string of the molecule is CC(CCNCC(C)(C)C(C)C)c1ccccc1. The number of hydrogen-bond acceptors (Lipinski definition) is 1. The molecule has 0 spiro atoms. The molecule has 0 saturated heterocycles. The summed E-state index contributed by atoms with van der Waals surface area (Å²) in [5.74, 6) is 1.36. The van der Waals surface area contributed by atoms with Crippen molar-refractivity contribution >= 4 is 0 Å². The second kappa shape index (κ2) is 6.94. The van der Waals surface area contributed by atoms with Crippen molar-refractivity contribution in [2.45, 2.75) is 47.0 Å². The Labute approximate surface area is 113 Å². The minimum absolute atomic E-state index is 0.385. The molecule has 1 unspecified atom stereocenters. The van der Waals surface area contributed by atoms with E-state index in [0.29, 0.717) is 11.3 Å². The third-order valence-electron chi connectivity index (χ3n) is 4.27. The predicted octanol–water partition coefficient (Wildman–Crippen LogP) is 4.45. The summed E-state index contributed by atoms with van der Waals surface area (Å²) < 4.78 is 0. The first kappa shape index (κ1) is 15.2. The fraction of sp³-hybridized carbons (Fsp3) is 0.647. The Morgan fingerprint density at radius 3 is 2.22 bits per heavy atom. The smallest absolute Gasteiger partial charge is 0.000497 e. The molecule has 0 aromatic heterocycles. The van der Waals surface area contributed by atoms with Gasteiger partial charge < -0.3 is 5.32 Å². The summed E-state index contributed by atoms with van der Waals surface area (Å²) in [4.78, 5) is 0. The van der Waals surface area contributed by atoms with E-state index in [2.05, 4.69) is 70.3 Å². The number of hydrogen-bond donors (Lipinski definition) is 1. The largest absolute Gasteiger partial charge is 0.316 e. The Morgan fingerprint density at radius 1 is 1.06 bits per heavy atom. The van der Waals surface area contributed by atoms with E-state index in [-0.39, 0.29) is 0 Å². The first-order valence-corrected chi connectivity index (χ1v) is 7.19. The van der Waals surface area contributed by atoms with Gasteiger partial charge in [0.2, 0.25) is 0 Å². The molecule has 0 bridgehead atoms. The number of rotatable bonds is 7. The van der Waals surface area contributed by atoms with Crippen LogP contribution in [0.15, 0.2) is 30.3 Å². The molecule has 1 aromatic rings. The van der Waals surface area contributed by atoms with Crippen molar-refractivity contribution in [2.75, 3.05) is 13.1 Å². The quantitative estimate of drug-likeness (QED) is 0.702. The van der Waals surface area contributed by atoms with Gasteiger partial charge in [0.1, 0.15) is 0 Å². The van der Waals surface area contributed by atoms with Crippen LogP contribution in [-0.4, -0.2) is 13.1 Å². The predicted molar refractivity (Wildman–Crippen MR) is 81.0 cm³/mol. The second-order valence-electron chi connectivity index (χ2n) is 6.42. The summed E-state index contributed by atoms with van der Waals surface area (Å²) in [6.07, 6.45) is 1.21. The van der Waals surface area contributed by atoms with E-state index < -0.39 is 0 Å². The highest BCUT2D eigenvalue weighted by atomic mass is 14.9. The van der Waals surface area contributed by atoms with Gasteiger partial charge in [-0.3, -0.25) is 0 Å². The molecular weight excluding hydrogens is 218 g/mol. The maximum Gasteiger partial charge on any atom is 0.000497 e. The van der Waals surface area contributed by atoms with Gasteiger partial charge in [-0.05, 0) is 35.8 Å². The van der Waals surface area contributed by atoms with Crippen molar-refractivity contribution in [3.63, 3.8) is 0 Å². The molecule has 0 aliphatic rings. The van der Waals surface area contributed by atoms with Gasteiger partial charge >= 0.3 is 0 Å². The van der Waals surface area contributed by atoms with Crippen LogP contribution in [0.2, 0.25) is 0 Å². The van der Waals surface area contributed by atoms with E-state index in [1.165, 1.54) is 12.0 Å². The summed E-state index contributed by atoms with van der Waals surface area (Å²) in [7, 11) is 0. The summed E-state index contributed by atoms with van der Waals surface area (Å²) in [5, 5.41) is 3.61. The molecule has 102 valence electrons. The number of benzene rings is 1. The van der Waals surface area contributed by atoms with Crippen LogP contribution in [0.5, 0.6) is 0 Å². The van der Waals surface area contributed by atoms with Crippen LogP contribution in [0, 0.1) is 11.3 Å². The third-order valence-corrected chi connectivity index (χ3v) is 4.27. The zero-order valence-corrected chi connectivity index (χ0v) is 12.7. The van der Waals surface area contributed by atoms with Crippen LogP contribution in [0.3, 0.4) is 0 Å². The van der Waals surface area contributed by atoms with E-state index in [0.717, 1.165) is 19.0 Å². The molecule has 0 fully saturated rings. The van der Waals surface area contributed by atoms with Gasteiger partial charge in [0, 0.05) is 6.54 Å². The molecule has 0 heterocycles. The first-order valence-electron chi connectivity index (χ1n) is 7.19. The van der Waals surface area contributed by atoms with Crippen LogP contribution in [0.25, 0.3) is 0 Å². The zero-order valence-electron chi connectivity index (χ0n) is 12.7. The molecule has 1 rings (SSSR count). The molecule has 0 aliphatic heterocycles. The van der Waals surface area contributed by atoms with Crippen LogP contribution in [0.4, 0.5) is 0 Å². The Morgan fingerprint density at radius 2 is 1.67 bits per heavy atom. The van der Waals surface area contributed by atoms with E-state index >= 15 is 0 Å². The Balaban J connectivity index is 2.27. The van der Waals surface area contributed by atoms with E-state index in [4.69, 9.17) is 0 Å². The van der Waals surface area contributed by atoms with Crippen LogP contribution < -0.4 is 5.32 Å². The fourth-order valence-corrected chi connectivity index (χ4v) is 1.88. The first-order chi connectivity index (χ1) is 8.43. The summed E-state index contributed by atoms with van der Waals surface area (Å²) in [5.41, 5.74) is 1.83. The van der Waals surface area contributed by atoms with E-state index in [1.807, 2.05) is 0 Å². The van der Waals surface area contributed by atoms with Gasteiger partial charge in [-0.1, -0.05) is 65.0 Å². The summed E-state index contributed by atoms with van der Waals surface area (Å²) in [6.45, 7) is 13.8. The van der Waals surface area contributed by atoms with Crippen molar-refractivity contribution in [1.29, 1.82) is 0 Å². The van der Waals surface area contributed by atoms with E-state index in [1.54, 1.807) is 0 Å².